The van der Waals surface area contributed by atoms with Crippen LogP contribution in [0.4, 0.5) is 10.1 Å². The number of rotatable bonds is 7. The molecule has 0 unspecified atom stereocenters. The lowest BCUT2D eigenvalue weighted by Gasteiger charge is -2.29. The normalized spacial score (nSPS) is 21.1. The van der Waals surface area contributed by atoms with Gasteiger partial charge in [-0.2, -0.15) is 9.78 Å². The second kappa shape index (κ2) is 9.02. The van der Waals surface area contributed by atoms with Gasteiger partial charge in [0.05, 0.1) is 30.7 Å². The maximum absolute atomic E-state index is 14.8. The van der Waals surface area contributed by atoms with Gasteiger partial charge in [0.15, 0.2) is 5.67 Å². The summed E-state index contributed by atoms with van der Waals surface area (Å²) in [7, 11) is 0. The summed E-state index contributed by atoms with van der Waals surface area (Å²) in [5, 5.41) is 7.05. The summed E-state index contributed by atoms with van der Waals surface area (Å²) >= 11 is 6.28. The van der Waals surface area contributed by atoms with Crippen molar-refractivity contribution in [3.05, 3.63) is 75.7 Å². The van der Waals surface area contributed by atoms with E-state index in [-0.39, 0.29) is 23.7 Å². The van der Waals surface area contributed by atoms with Crippen molar-refractivity contribution in [2.24, 2.45) is 5.73 Å². The molecule has 2 aromatic carbocycles. The van der Waals surface area contributed by atoms with Gasteiger partial charge in [-0.05, 0) is 67.6 Å². The minimum absolute atomic E-state index is 0.00284. The van der Waals surface area contributed by atoms with Crippen molar-refractivity contribution in [1.82, 2.24) is 9.78 Å². The lowest BCUT2D eigenvalue weighted by molar-refractivity contribution is -0.0234. The number of nitrogens with two attached hydrogens (primary N) is 1. The lowest BCUT2D eigenvalue weighted by atomic mass is 9.99. The predicted molar refractivity (Wildman–Crippen MR) is 129 cm³/mol. The Hall–Kier alpha value is -2.94. The highest BCUT2D eigenvalue weighted by atomic mass is 35.5. The van der Waals surface area contributed by atoms with Crippen molar-refractivity contribution in [3.8, 4) is 17.2 Å². The van der Waals surface area contributed by atoms with Crippen LogP contribution in [0.5, 0.6) is 11.5 Å². The van der Waals surface area contributed by atoms with Crippen molar-refractivity contribution >= 4 is 17.3 Å². The number of aromatic nitrogens is 2. The first-order valence-corrected chi connectivity index (χ1v) is 11.7. The predicted octanol–water partition coefficient (Wildman–Crippen LogP) is 4.56. The molecule has 34 heavy (non-hydrogen) atoms. The van der Waals surface area contributed by atoms with Gasteiger partial charge >= 0.3 is 0 Å². The van der Waals surface area contributed by atoms with Crippen LogP contribution in [0.25, 0.3) is 5.69 Å². The Morgan fingerprint density at radius 3 is 2.41 bits per heavy atom. The number of hydrogen-bond acceptors (Lipinski definition) is 6. The molecule has 3 aromatic rings. The highest BCUT2D eigenvalue weighted by molar-refractivity contribution is 6.32. The molecule has 0 bridgehead atoms. The van der Waals surface area contributed by atoms with E-state index in [2.05, 4.69) is 10.4 Å². The molecule has 5 rings (SSSR count). The molecule has 1 saturated heterocycles. The molecule has 1 aliphatic carbocycles. The first kappa shape index (κ1) is 22.8. The Labute approximate surface area is 201 Å². The Morgan fingerprint density at radius 1 is 1.12 bits per heavy atom. The van der Waals surface area contributed by atoms with Gasteiger partial charge in [-0.25, -0.2) is 4.39 Å². The van der Waals surface area contributed by atoms with Crippen molar-refractivity contribution in [2.45, 2.75) is 36.9 Å². The van der Waals surface area contributed by atoms with Crippen LogP contribution in [0.3, 0.4) is 0 Å². The average Bonchev–Trinajstić information content (AvgIpc) is 3.60. The van der Waals surface area contributed by atoms with Gasteiger partial charge in [0.25, 0.3) is 5.56 Å². The Balaban J connectivity index is 1.26. The van der Waals surface area contributed by atoms with E-state index < -0.39 is 11.2 Å². The van der Waals surface area contributed by atoms with Gasteiger partial charge in [0.1, 0.15) is 16.5 Å². The Kier molecular flexibility index (Phi) is 6.06. The highest BCUT2D eigenvalue weighted by Gasteiger charge is 2.39. The van der Waals surface area contributed by atoms with E-state index >= 15 is 0 Å². The van der Waals surface area contributed by atoms with E-state index in [0.29, 0.717) is 42.3 Å². The third kappa shape index (κ3) is 4.80. The third-order valence-corrected chi connectivity index (χ3v) is 6.69. The van der Waals surface area contributed by atoms with Crippen LogP contribution >= 0.6 is 11.6 Å². The first-order valence-electron chi connectivity index (χ1n) is 11.3. The number of ether oxygens (including phenoxy) is 2. The number of halogens is 2. The summed E-state index contributed by atoms with van der Waals surface area (Å²) in [4.78, 5) is 12.8. The van der Waals surface area contributed by atoms with E-state index in [9.17, 15) is 9.18 Å². The molecule has 1 aliphatic heterocycles. The van der Waals surface area contributed by atoms with Crippen molar-refractivity contribution in [3.63, 3.8) is 0 Å². The molecule has 1 saturated carbocycles. The number of anilines is 1. The zero-order valence-corrected chi connectivity index (χ0v) is 19.4. The van der Waals surface area contributed by atoms with Crippen LogP contribution in [0.15, 0.2) is 59.5 Å². The SMILES string of the molecule is NC1(c2ccc(Oc3ccc(-n4ncc(NC[C@@]5(F)CCCOC5)c(Cl)c4=O)cc3)cc2)CC1. The number of nitrogens with one attached hydrogen (secondary N) is 1. The molecule has 2 fully saturated rings. The fourth-order valence-electron chi connectivity index (χ4n) is 4.02. The second-order valence-electron chi connectivity index (χ2n) is 9.03. The summed E-state index contributed by atoms with van der Waals surface area (Å²) in [5.74, 6) is 1.31. The van der Waals surface area contributed by atoms with E-state index in [1.54, 1.807) is 24.3 Å². The smallest absolute Gasteiger partial charge is 0.292 e. The third-order valence-electron chi connectivity index (χ3n) is 6.32. The monoisotopic (exact) mass is 484 g/mol. The summed E-state index contributed by atoms with van der Waals surface area (Å²) in [6.07, 6.45) is 4.50. The van der Waals surface area contributed by atoms with E-state index in [0.717, 1.165) is 18.4 Å². The van der Waals surface area contributed by atoms with E-state index in [1.807, 2.05) is 24.3 Å². The zero-order chi connectivity index (χ0) is 23.8. The van der Waals surface area contributed by atoms with Crippen LogP contribution in [-0.4, -0.2) is 35.2 Å². The fourth-order valence-corrected chi connectivity index (χ4v) is 4.22. The van der Waals surface area contributed by atoms with Gasteiger partial charge in [0, 0.05) is 12.1 Å². The molecule has 1 atom stereocenters. The standard InChI is InChI=1S/C25H26ClFN4O3/c26-22-21(29-15-24(27)10-1-13-33-16-24)14-30-31(23(22)32)18-4-8-20(9-5-18)34-19-6-2-17(3-7-19)25(28)11-12-25/h2-9,14,29H,1,10-13,15-16,28H2/t24-/m0/s1. The first-order chi connectivity index (χ1) is 16.4. The summed E-state index contributed by atoms with van der Waals surface area (Å²) < 4.78 is 27.1. The van der Waals surface area contributed by atoms with Crippen molar-refractivity contribution in [2.75, 3.05) is 25.1 Å². The fraction of sp³-hybridized carbons (Fsp3) is 0.360. The molecule has 3 N–H and O–H groups in total. The van der Waals surface area contributed by atoms with E-state index in [1.165, 1.54) is 10.9 Å². The molecular weight excluding hydrogens is 459 g/mol. The summed E-state index contributed by atoms with van der Waals surface area (Å²) in [6.45, 7) is 0.584. The molecule has 178 valence electrons. The summed E-state index contributed by atoms with van der Waals surface area (Å²) in [5.41, 5.74) is 5.99. The Bertz CT molecular complexity index is 1220. The van der Waals surface area contributed by atoms with Crippen LogP contribution < -0.4 is 21.3 Å². The number of nitrogens with zero attached hydrogens (tertiary/aromatic N) is 2. The second-order valence-corrected chi connectivity index (χ2v) is 9.40. The number of benzene rings is 2. The molecule has 2 heterocycles. The van der Waals surface area contributed by atoms with E-state index in [4.69, 9.17) is 26.8 Å². The topological polar surface area (TPSA) is 91.4 Å². The van der Waals surface area contributed by atoms with Gasteiger partial charge in [-0.15, -0.1) is 0 Å². The molecule has 0 radical (unpaired) electrons. The maximum Gasteiger partial charge on any atom is 0.292 e. The molecule has 7 nitrogen and oxygen atoms in total. The molecule has 1 aromatic heterocycles. The minimum atomic E-state index is -1.49. The number of alkyl halides is 1. The number of hydrogen-bond donors (Lipinski definition) is 2. The largest absolute Gasteiger partial charge is 0.457 e. The lowest BCUT2D eigenvalue weighted by Crippen LogP contribution is -2.40. The van der Waals surface area contributed by atoms with Crippen LogP contribution in [0.2, 0.25) is 5.02 Å². The molecule has 0 spiro atoms. The molecule has 9 heteroatoms. The van der Waals surface area contributed by atoms with Gasteiger partial charge in [-0.3, -0.25) is 4.79 Å². The zero-order valence-electron chi connectivity index (χ0n) is 18.6. The van der Waals surface area contributed by atoms with Crippen LogP contribution in [0, 0.1) is 0 Å². The maximum atomic E-state index is 14.8. The van der Waals surface area contributed by atoms with Gasteiger partial charge < -0.3 is 20.5 Å². The molecule has 0 amide bonds. The van der Waals surface area contributed by atoms with Crippen molar-refractivity contribution < 1.29 is 13.9 Å². The van der Waals surface area contributed by atoms with Gasteiger partial charge in [-0.1, -0.05) is 23.7 Å². The average molecular weight is 485 g/mol. The quantitative estimate of drug-likeness (QED) is 0.511. The minimum Gasteiger partial charge on any atom is -0.457 e. The Morgan fingerprint density at radius 2 is 1.79 bits per heavy atom. The molecular formula is C25H26ClFN4O3. The van der Waals surface area contributed by atoms with Gasteiger partial charge in [0.2, 0.25) is 0 Å². The van der Waals surface area contributed by atoms with Crippen molar-refractivity contribution in [1.29, 1.82) is 0 Å². The van der Waals surface area contributed by atoms with Crippen LogP contribution in [0.1, 0.15) is 31.2 Å². The highest BCUT2D eigenvalue weighted by Crippen LogP contribution is 2.43. The summed E-state index contributed by atoms with van der Waals surface area (Å²) in [6, 6.07) is 14.7. The molecule has 2 aliphatic rings. The van der Waals surface area contributed by atoms with Crippen LogP contribution in [-0.2, 0) is 10.3 Å².